The average Bonchev–Trinajstić information content (AvgIpc) is 2.13. The first kappa shape index (κ1) is 14.1. The van der Waals surface area contributed by atoms with Gasteiger partial charge in [-0.05, 0) is 12.1 Å². The van der Waals surface area contributed by atoms with Crippen molar-refractivity contribution in [1.29, 1.82) is 0 Å². The summed E-state index contributed by atoms with van der Waals surface area (Å²) < 4.78 is 65.6. The van der Waals surface area contributed by atoms with Crippen LogP contribution < -0.4 is 4.74 Å². The molecule has 0 aromatic heterocycles. The van der Waals surface area contributed by atoms with Crippen molar-refractivity contribution in [3.05, 3.63) is 35.2 Å². The molecule has 17 heavy (non-hydrogen) atoms. The number of hydrogen-bond acceptors (Lipinski definition) is 1. The van der Waals surface area contributed by atoms with Crippen LogP contribution in [0.5, 0.6) is 5.75 Å². The highest BCUT2D eigenvalue weighted by Crippen LogP contribution is 2.99. The Morgan fingerprint density at radius 3 is 2.18 bits per heavy atom. The van der Waals surface area contributed by atoms with Gasteiger partial charge in [0.25, 0.3) is 0 Å². The minimum Gasteiger partial charge on any atom is -0.496 e. The van der Waals surface area contributed by atoms with Gasteiger partial charge in [-0.2, -0.15) is 0 Å². The Balaban J connectivity index is 3.32. The van der Waals surface area contributed by atoms with Gasteiger partial charge < -0.3 is 4.74 Å². The number of halogens is 6. The van der Waals surface area contributed by atoms with Crippen LogP contribution in [0.2, 0.25) is 0 Å². The minimum atomic E-state index is -9.69. The Kier molecular flexibility index (Phi) is 2.92. The van der Waals surface area contributed by atoms with Gasteiger partial charge in [-0.3, -0.25) is 0 Å². The van der Waals surface area contributed by atoms with E-state index in [1.807, 2.05) is 0 Å². The predicted octanol–water partition coefficient (Wildman–Crippen LogP) is 5.53. The molecule has 0 atom stereocenters. The van der Waals surface area contributed by atoms with Gasteiger partial charge in [-0.15, -0.1) is 0 Å². The fraction of sp³-hybridized carbons (Fsp3) is 0.111. The summed E-state index contributed by atoms with van der Waals surface area (Å²) in [7, 11) is -8.49. The van der Waals surface area contributed by atoms with Crippen molar-refractivity contribution in [3.8, 4) is 5.75 Å². The van der Waals surface area contributed by atoms with Crippen LogP contribution in [-0.4, -0.2) is 7.11 Å². The Labute approximate surface area is 99.6 Å². The van der Waals surface area contributed by atoms with Crippen LogP contribution in [-0.2, 0) is 0 Å². The Hall–Kier alpha value is -0.950. The van der Waals surface area contributed by atoms with Crippen molar-refractivity contribution >= 4 is 26.9 Å². The van der Waals surface area contributed by atoms with Crippen molar-refractivity contribution in [2.24, 2.45) is 0 Å². The zero-order chi connectivity index (χ0) is 13.4. The number of hydrogen-bond donors (Lipinski definition) is 0. The number of para-hydroxylation sites is 1. The Morgan fingerprint density at radius 1 is 1.18 bits per heavy atom. The van der Waals surface area contributed by atoms with E-state index >= 15 is 0 Å². The van der Waals surface area contributed by atoms with Crippen molar-refractivity contribution in [2.75, 3.05) is 7.11 Å². The maximum absolute atomic E-state index is 12.2. The first-order valence-corrected chi connectivity index (χ1v) is 6.57. The zero-order valence-corrected chi connectivity index (χ0v) is 10.0. The van der Waals surface area contributed by atoms with Crippen LogP contribution in [0.1, 0.15) is 5.56 Å². The fourth-order valence-electron chi connectivity index (χ4n) is 1.10. The number of ether oxygens (including phenoxy) is 1. The molecular weight excluding hydrogens is 287 g/mol. The van der Waals surface area contributed by atoms with Gasteiger partial charge in [0.2, 0.25) is 0 Å². The fourth-order valence-corrected chi connectivity index (χ4v) is 2.28. The third-order valence-electron chi connectivity index (χ3n) is 1.69. The standard InChI is InChI=1S/C9H8ClF5OS/c1-16-9-5-3-2-4-7(9)8(10)6-17(11,12,13,14)15/h2-6H,1H3/b8-6+. The van der Waals surface area contributed by atoms with Crippen LogP contribution in [0.25, 0.3) is 5.03 Å². The normalized spacial score (nSPS) is 17.2. The molecule has 1 rings (SSSR count). The minimum absolute atomic E-state index is 0.0180. The molecule has 0 unspecified atom stereocenters. The molecule has 1 nitrogen and oxygen atoms in total. The van der Waals surface area contributed by atoms with Gasteiger partial charge >= 0.3 is 10.2 Å². The molecule has 0 radical (unpaired) electrons. The second kappa shape index (κ2) is 3.52. The summed E-state index contributed by atoms with van der Waals surface area (Å²) in [6.45, 7) is 0. The Morgan fingerprint density at radius 2 is 1.71 bits per heavy atom. The molecule has 0 bridgehead atoms. The monoisotopic (exact) mass is 294 g/mol. The molecule has 0 fully saturated rings. The molecule has 0 aliphatic rings. The average molecular weight is 295 g/mol. The molecule has 98 valence electrons. The quantitative estimate of drug-likeness (QED) is 0.666. The van der Waals surface area contributed by atoms with Crippen LogP contribution in [0.15, 0.2) is 29.7 Å². The van der Waals surface area contributed by atoms with Crippen molar-refractivity contribution in [2.45, 2.75) is 0 Å². The largest absolute Gasteiger partial charge is 0.496 e. The van der Waals surface area contributed by atoms with Crippen LogP contribution in [0.3, 0.4) is 0 Å². The lowest BCUT2D eigenvalue weighted by Gasteiger charge is -2.37. The maximum atomic E-state index is 12.2. The van der Waals surface area contributed by atoms with Gasteiger partial charge in [-0.25, -0.2) is 0 Å². The molecule has 0 saturated carbocycles. The highest BCUT2D eigenvalue weighted by atomic mass is 35.5. The molecule has 0 N–H and O–H groups in total. The molecule has 0 aliphatic carbocycles. The third kappa shape index (κ3) is 4.82. The maximum Gasteiger partial charge on any atom is 0.305 e. The lowest BCUT2D eigenvalue weighted by Crippen LogP contribution is -2.00. The number of benzene rings is 1. The summed E-state index contributed by atoms with van der Waals surface area (Å²) in [6, 6.07) is 5.31. The molecule has 0 aliphatic heterocycles. The predicted molar refractivity (Wildman–Crippen MR) is 60.0 cm³/mol. The van der Waals surface area contributed by atoms with E-state index in [1.54, 1.807) is 0 Å². The van der Waals surface area contributed by atoms with E-state index in [0.717, 1.165) is 6.07 Å². The van der Waals surface area contributed by atoms with E-state index in [9.17, 15) is 19.4 Å². The van der Waals surface area contributed by atoms with Gasteiger partial charge in [0, 0.05) is 5.56 Å². The SMILES string of the molecule is COc1ccccc1/C(Cl)=C\S(F)(F)(F)(F)F. The molecule has 0 amide bonds. The molecular formula is C9H8ClF5OS. The van der Waals surface area contributed by atoms with Gasteiger partial charge in [0.05, 0.1) is 17.6 Å². The zero-order valence-electron chi connectivity index (χ0n) is 8.47. The van der Waals surface area contributed by atoms with E-state index in [2.05, 4.69) is 0 Å². The number of rotatable bonds is 3. The highest BCUT2D eigenvalue weighted by Gasteiger charge is 2.61. The molecule has 1 aromatic rings. The van der Waals surface area contributed by atoms with Crippen molar-refractivity contribution in [3.63, 3.8) is 0 Å². The summed E-state index contributed by atoms with van der Waals surface area (Å²) >= 11 is 5.26. The molecule has 0 spiro atoms. The first-order valence-electron chi connectivity index (χ1n) is 4.17. The molecule has 0 saturated heterocycles. The lowest BCUT2D eigenvalue weighted by molar-refractivity contribution is 0.385. The summed E-state index contributed by atoms with van der Waals surface area (Å²) in [4.78, 5) is 0. The topological polar surface area (TPSA) is 9.23 Å². The van der Waals surface area contributed by atoms with E-state index in [4.69, 9.17) is 16.3 Å². The molecule has 0 heterocycles. The van der Waals surface area contributed by atoms with Crippen LogP contribution >= 0.6 is 21.8 Å². The van der Waals surface area contributed by atoms with E-state index < -0.39 is 20.7 Å². The van der Waals surface area contributed by atoms with E-state index in [1.165, 1.54) is 25.3 Å². The highest BCUT2D eigenvalue weighted by molar-refractivity contribution is 8.48. The second-order valence-corrected chi connectivity index (χ2v) is 5.89. The molecule has 8 heteroatoms. The van der Waals surface area contributed by atoms with Crippen LogP contribution in [0.4, 0.5) is 19.4 Å². The van der Waals surface area contributed by atoms with Crippen molar-refractivity contribution in [1.82, 2.24) is 0 Å². The Bertz CT molecular complexity index is 467. The van der Waals surface area contributed by atoms with E-state index in [0.29, 0.717) is 0 Å². The van der Waals surface area contributed by atoms with E-state index in [-0.39, 0.29) is 11.3 Å². The summed E-state index contributed by atoms with van der Waals surface area (Å²) in [6.07, 6.45) is 0. The van der Waals surface area contributed by atoms with Gasteiger partial charge in [0.1, 0.15) is 5.75 Å². The first-order chi connectivity index (χ1) is 7.41. The summed E-state index contributed by atoms with van der Waals surface area (Å²) in [5.41, 5.74) is -0.245. The third-order valence-corrected chi connectivity index (χ3v) is 2.81. The van der Waals surface area contributed by atoms with Crippen molar-refractivity contribution < 1.29 is 24.2 Å². The van der Waals surface area contributed by atoms with Crippen LogP contribution in [0, 0.1) is 0 Å². The summed E-state index contributed by atoms with van der Waals surface area (Å²) in [5.74, 6) is -0.0180. The van der Waals surface area contributed by atoms with Gasteiger partial charge in [-0.1, -0.05) is 43.2 Å². The molecule has 1 aromatic carbocycles. The lowest BCUT2D eigenvalue weighted by atomic mass is 10.2. The number of methoxy groups -OCH3 is 1. The smallest absolute Gasteiger partial charge is 0.305 e. The second-order valence-electron chi connectivity index (χ2n) is 3.19. The van der Waals surface area contributed by atoms with Gasteiger partial charge in [0.15, 0.2) is 0 Å². The summed E-state index contributed by atoms with van der Waals surface area (Å²) in [5, 5.41) is -2.25.